The highest BCUT2D eigenvalue weighted by Gasteiger charge is 2.03. The molecule has 6 heteroatoms. The van der Waals surface area contributed by atoms with Gasteiger partial charge in [0.1, 0.15) is 11.5 Å². The maximum Gasteiger partial charge on any atom is 0.194 e. The van der Waals surface area contributed by atoms with E-state index in [1.165, 1.54) is 13.2 Å². The van der Waals surface area contributed by atoms with E-state index in [0.29, 0.717) is 17.9 Å². The van der Waals surface area contributed by atoms with Crippen molar-refractivity contribution in [2.24, 2.45) is 10.7 Å². The second-order valence-corrected chi connectivity index (χ2v) is 3.32. The Bertz CT molecular complexity index is 407. The minimum Gasteiger partial charge on any atom is -0.507 e. The minimum absolute atomic E-state index is 0.145. The Labute approximate surface area is 98.9 Å². The van der Waals surface area contributed by atoms with Crippen LogP contribution in [-0.4, -0.2) is 23.7 Å². The second-order valence-electron chi connectivity index (χ2n) is 2.93. The molecule has 1 rings (SSSR count). The lowest BCUT2D eigenvalue weighted by molar-refractivity contribution is 0.406. The lowest BCUT2D eigenvalue weighted by atomic mass is 10.2. The summed E-state index contributed by atoms with van der Waals surface area (Å²) in [6, 6.07) is 5.04. The van der Waals surface area contributed by atoms with E-state index >= 15 is 0 Å². The summed E-state index contributed by atoms with van der Waals surface area (Å²) in [4.78, 5) is 3.67. The molecule has 0 fully saturated rings. The predicted molar refractivity (Wildman–Crippen MR) is 66.8 cm³/mol. The number of nitrogens with two attached hydrogens (primary N) is 1. The van der Waals surface area contributed by atoms with Crippen LogP contribution in [0.2, 0.25) is 0 Å². The summed E-state index contributed by atoms with van der Waals surface area (Å²) < 4.78 is 4.97. The number of methoxy groups -OCH3 is 1. The molecule has 0 aliphatic heterocycles. The first kappa shape index (κ1) is 12.3. The molecular weight excluding hydrogens is 226 g/mol. The van der Waals surface area contributed by atoms with Crippen molar-refractivity contribution >= 4 is 23.7 Å². The highest BCUT2D eigenvalue weighted by molar-refractivity contribution is 7.80. The van der Waals surface area contributed by atoms with E-state index in [2.05, 4.69) is 10.3 Å². The third kappa shape index (κ3) is 3.39. The molecule has 1 aromatic carbocycles. The van der Waals surface area contributed by atoms with Crippen molar-refractivity contribution in [1.82, 2.24) is 5.32 Å². The quantitative estimate of drug-likeness (QED) is 0.412. The van der Waals surface area contributed by atoms with Crippen molar-refractivity contribution in [2.45, 2.75) is 6.54 Å². The van der Waals surface area contributed by atoms with Crippen LogP contribution in [-0.2, 0) is 6.54 Å². The number of aromatic hydroxyl groups is 1. The van der Waals surface area contributed by atoms with E-state index in [9.17, 15) is 5.11 Å². The van der Waals surface area contributed by atoms with E-state index in [1.807, 2.05) is 0 Å². The Kier molecular flexibility index (Phi) is 4.53. The van der Waals surface area contributed by atoms with Gasteiger partial charge in [-0.1, -0.05) is 0 Å². The molecule has 0 aliphatic rings. The van der Waals surface area contributed by atoms with Crippen molar-refractivity contribution in [1.29, 1.82) is 0 Å². The van der Waals surface area contributed by atoms with E-state index < -0.39 is 0 Å². The topological polar surface area (TPSA) is 79.9 Å². The summed E-state index contributed by atoms with van der Waals surface area (Å²) in [6.07, 6.45) is 1.11. The Hall–Kier alpha value is -1.82. The van der Waals surface area contributed by atoms with Crippen LogP contribution in [0, 0.1) is 0 Å². The number of phenols is 1. The number of nitrogens with one attached hydrogen (secondary N) is 1. The third-order valence-corrected chi connectivity index (χ3v) is 2.16. The Morgan fingerprint density at radius 3 is 3.00 bits per heavy atom. The number of benzene rings is 1. The van der Waals surface area contributed by atoms with Crippen LogP contribution in [0.5, 0.6) is 11.5 Å². The molecule has 0 spiro atoms. The van der Waals surface area contributed by atoms with Crippen molar-refractivity contribution in [2.75, 3.05) is 7.11 Å². The number of ether oxygens (including phenoxy) is 1. The van der Waals surface area contributed by atoms with Crippen LogP contribution < -0.4 is 15.8 Å². The van der Waals surface area contributed by atoms with Crippen LogP contribution >= 0.6 is 12.2 Å². The van der Waals surface area contributed by atoms with Gasteiger partial charge < -0.3 is 20.9 Å². The molecule has 0 aliphatic carbocycles. The molecule has 0 unspecified atom stereocenters. The maximum absolute atomic E-state index is 9.64. The lowest BCUT2D eigenvalue weighted by Gasteiger charge is -2.07. The number of hydrogen-bond acceptors (Lipinski definition) is 3. The summed E-state index contributed by atoms with van der Waals surface area (Å²) in [5.41, 5.74) is 5.79. The van der Waals surface area contributed by atoms with E-state index in [-0.39, 0.29) is 10.9 Å². The average Bonchev–Trinajstić information content (AvgIpc) is 2.27. The molecule has 0 heterocycles. The van der Waals surface area contributed by atoms with Crippen LogP contribution in [0.25, 0.3) is 0 Å². The fraction of sp³-hybridized carbons (Fsp3) is 0.200. The predicted octanol–water partition coefficient (Wildman–Crippen LogP) is 0.762. The zero-order chi connectivity index (χ0) is 12.0. The van der Waals surface area contributed by atoms with Crippen molar-refractivity contribution in [3.05, 3.63) is 23.8 Å². The van der Waals surface area contributed by atoms with Gasteiger partial charge in [-0.2, -0.15) is 0 Å². The molecule has 16 heavy (non-hydrogen) atoms. The fourth-order valence-corrected chi connectivity index (χ4v) is 1.24. The first-order chi connectivity index (χ1) is 7.67. The Morgan fingerprint density at radius 1 is 1.69 bits per heavy atom. The van der Waals surface area contributed by atoms with E-state index in [0.717, 1.165) is 6.34 Å². The highest BCUT2D eigenvalue weighted by Crippen LogP contribution is 2.22. The smallest absolute Gasteiger partial charge is 0.194 e. The Morgan fingerprint density at radius 2 is 2.44 bits per heavy atom. The van der Waals surface area contributed by atoms with Gasteiger partial charge in [0, 0.05) is 18.2 Å². The third-order valence-electron chi connectivity index (χ3n) is 1.91. The van der Waals surface area contributed by atoms with Gasteiger partial charge in [-0.05, 0) is 24.4 Å². The second kappa shape index (κ2) is 5.92. The SMILES string of the molecule is COc1ccc(CNC(=S)/N=C\N)c(O)c1. The number of phenolic OH excluding ortho intramolecular Hbond substituents is 1. The molecule has 4 N–H and O–H groups in total. The summed E-state index contributed by atoms with van der Waals surface area (Å²) >= 11 is 4.85. The number of thiocarbonyl (C=S) groups is 1. The van der Waals surface area contributed by atoms with Crippen LogP contribution in [0.1, 0.15) is 5.56 Å². The maximum atomic E-state index is 9.64. The van der Waals surface area contributed by atoms with Gasteiger partial charge in [0.25, 0.3) is 0 Å². The van der Waals surface area contributed by atoms with Crippen molar-refractivity contribution < 1.29 is 9.84 Å². The number of nitrogens with zero attached hydrogens (tertiary/aromatic N) is 1. The minimum atomic E-state index is 0.145. The molecule has 1 aromatic rings. The van der Waals surface area contributed by atoms with Gasteiger partial charge in [0.2, 0.25) is 0 Å². The number of aliphatic imine (C=N–C) groups is 1. The van der Waals surface area contributed by atoms with Crippen molar-refractivity contribution in [3.8, 4) is 11.5 Å². The van der Waals surface area contributed by atoms with Gasteiger partial charge >= 0.3 is 0 Å². The fourth-order valence-electron chi connectivity index (χ4n) is 1.10. The number of hydrogen-bond donors (Lipinski definition) is 3. The molecule has 0 atom stereocenters. The molecule has 0 radical (unpaired) electrons. The van der Waals surface area contributed by atoms with Gasteiger partial charge in [0.05, 0.1) is 13.4 Å². The zero-order valence-electron chi connectivity index (χ0n) is 8.80. The Balaban J connectivity index is 2.64. The molecular formula is C10H13N3O2S. The lowest BCUT2D eigenvalue weighted by Crippen LogP contribution is -2.19. The van der Waals surface area contributed by atoms with Gasteiger partial charge in [-0.3, -0.25) is 0 Å². The summed E-state index contributed by atoms with van der Waals surface area (Å²) in [6.45, 7) is 0.381. The van der Waals surface area contributed by atoms with Crippen LogP contribution in [0.15, 0.2) is 23.2 Å². The standard InChI is InChI=1S/C10H13N3O2S/c1-15-8-3-2-7(9(14)4-8)5-12-10(16)13-6-11/h2-4,6,14H,5H2,1H3,(H3,11,12,13,16). The van der Waals surface area contributed by atoms with E-state index in [4.69, 9.17) is 22.7 Å². The zero-order valence-corrected chi connectivity index (χ0v) is 9.62. The first-order valence-electron chi connectivity index (χ1n) is 4.55. The molecule has 0 bridgehead atoms. The largest absolute Gasteiger partial charge is 0.507 e. The summed E-state index contributed by atoms with van der Waals surface area (Å²) in [5, 5.41) is 12.7. The molecule has 5 nitrogen and oxygen atoms in total. The molecule has 0 saturated carbocycles. The average molecular weight is 239 g/mol. The van der Waals surface area contributed by atoms with Gasteiger partial charge in [0.15, 0.2) is 5.11 Å². The molecule has 0 aromatic heterocycles. The van der Waals surface area contributed by atoms with Gasteiger partial charge in [-0.25, -0.2) is 4.99 Å². The monoisotopic (exact) mass is 239 g/mol. The van der Waals surface area contributed by atoms with Crippen molar-refractivity contribution in [3.63, 3.8) is 0 Å². The van der Waals surface area contributed by atoms with E-state index in [1.54, 1.807) is 12.1 Å². The van der Waals surface area contributed by atoms with Gasteiger partial charge in [-0.15, -0.1) is 0 Å². The summed E-state index contributed by atoms with van der Waals surface area (Å²) in [7, 11) is 1.54. The first-order valence-corrected chi connectivity index (χ1v) is 4.96. The molecule has 0 saturated heterocycles. The van der Waals surface area contributed by atoms with Crippen LogP contribution in [0.4, 0.5) is 0 Å². The molecule has 0 amide bonds. The normalized spacial score (nSPS) is 10.3. The highest BCUT2D eigenvalue weighted by atomic mass is 32.1. The summed E-state index contributed by atoms with van der Waals surface area (Å²) in [5.74, 6) is 0.746. The van der Waals surface area contributed by atoms with Crippen LogP contribution in [0.3, 0.4) is 0 Å². The number of rotatable bonds is 3. The molecule has 86 valence electrons.